The zero-order valence-corrected chi connectivity index (χ0v) is 35.2. The van der Waals surface area contributed by atoms with Gasteiger partial charge in [0.15, 0.2) is 0 Å². The number of aromatic nitrogens is 3. The molecule has 0 unspecified atom stereocenters. The van der Waals surface area contributed by atoms with Crippen LogP contribution in [0.1, 0.15) is 58.2 Å². The predicted molar refractivity (Wildman–Crippen MR) is 229 cm³/mol. The van der Waals surface area contributed by atoms with Gasteiger partial charge in [0.1, 0.15) is 11.6 Å². The fourth-order valence-electron chi connectivity index (χ4n) is 7.34. The summed E-state index contributed by atoms with van der Waals surface area (Å²) in [4.78, 5) is 10.3. The molecule has 6 aromatic carbocycles. The standard InChI is InChI=1S/C51H43N4O.Pt/c1-50(2,3)39-29-42(48(56)44(30-39)51(4,5)6)49-54-47-41(23-16-24-46(47)55(49)40-21-14-9-15-22-40)36-25-35(33-17-10-7-11-18-33)26-37(27-36)45-28-38(31-52)43(32-53-45)34-19-12-8-13-20-34;/h7-26,28-30,32,56H,1-6H3;/q-1;. The Balaban J connectivity index is 0.00000496. The quantitative estimate of drug-likeness (QED) is 0.169. The molecule has 0 aliphatic rings. The van der Waals surface area contributed by atoms with Gasteiger partial charge in [0, 0.05) is 49.8 Å². The molecule has 2 aromatic heterocycles. The van der Waals surface area contributed by atoms with Gasteiger partial charge in [0.05, 0.1) is 28.2 Å². The molecule has 6 heteroatoms. The number of nitriles is 1. The molecule has 1 N–H and O–H groups in total. The van der Waals surface area contributed by atoms with Crippen molar-refractivity contribution in [3.63, 3.8) is 0 Å². The topological polar surface area (TPSA) is 74.7 Å². The maximum absolute atomic E-state index is 12.1. The minimum Gasteiger partial charge on any atom is -0.507 e. The van der Waals surface area contributed by atoms with Crippen LogP contribution in [0.2, 0.25) is 0 Å². The number of nitrogens with zero attached hydrogens (tertiary/aromatic N) is 4. The Morgan fingerprint density at radius 1 is 0.632 bits per heavy atom. The number of hydrogen-bond donors (Lipinski definition) is 1. The van der Waals surface area contributed by atoms with E-state index >= 15 is 0 Å². The third-order valence-electron chi connectivity index (χ3n) is 10.4. The fourth-order valence-corrected chi connectivity index (χ4v) is 7.34. The second-order valence-electron chi connectivity index (χ2n) is 16.4. The first kappa shape index (κ1) is 39.2. The average Bonchev–Trinajstić information content (AvgIpc) is 3.60. The monoisotopic (exact) mass is 922 g/mol. The summed E-state index contributed by atoms with van der Waals surface area (Å²) < 4.78 is 2.15. The van der Waals surface area contributed by atoms with E-state index in [1.165, 1.54) is 0 Å². The van der Waals surface area contributed by atoms with E-state index < -0.39 is 0 Å². The molecule has 0 atom stereocenters. The van der Waals surface area contributed by atoms with Crippen LogP contribution in [0.25, 0.3) is 72.7 Å². The van der Waals surface area contributed by atoms with Crippen LogP contribution in [0.3, 0.4) is 0 Å². The molecule has 5 nitrogen and oxygen atoms in total. The average molecular weight is 923 g/mol. The van der Waals surface area contributed by atoms with Crippen LogP contribution in [0.15, 0.2) is 146 Å². The summed E-state index contributed by atoms with van der Waals surface area (Å²) in [6.45, 7) is 13.0. The maximum Gasteiger partial charge on any atom is 0.148 e. The van der Waals surface area contributed by atoms with Crippen molar-refractivity contribution in [2.24, 2.45) is 0 Å². The van der Waals surface area contributed by atoms with Crippen molar-refractivity contribution in [3.8, 4) is 73.5 Å². The smallest absolute Gasteiger partial charge is 0.148 e. The third kappa shape index (κ3) is 7.59. The molecular formula is C51H43N4OPt-. The number of imidazole rings is 1. The van der Waals surface area contributed by atoms with E-state index in [0.717, 1.165) is 66.8 Å². The maximum atomic E-state index is 12.1. The zero-order valence-electron chi connectivity index (χ0n) is 32.9. The van der Waals surface area contributed by atoms with Gasteiger partial charge < -0.3 is 5.11 Å². The van der Waals surface area contributed by atoms with Crippen molar-refractivity contribution in [3.05, 3.63) is 168 Å². The van der Waals surface area contributed by atoms with Gasteiger partial charge in [-0.15, -0.1) is 23.8 Å². The van der Waals surface area contributed by atoms with Gasteiger partial charge in [-0.25, -0.2) is 4.98 Å². The molecule has 284 valence electrons. The molecule has 0 radical (unpaired) electrons. The number of phenols is 1. The van der Waals surface area contributed by atoms with Gasteiger partial charge in [0.2, 0.25) is 0 Å². The van der Waals surface area contributed by atoms with Crippen LogP contribution in [-0.2, 0) is 31.9 Å². The Bertz CT molecular complexity index is 2770. The first-order chi connectivity index (χ1) is 26.9. The zero-order chi connectivity index (χ0) is 39.2. The number of benzene rings is 6. The van der Waals surface area contributed by atoms with Crippen molar-refractivity contribution >= 4 is 11.0 Å². The van der Waals surface area contributed by atoms with Crippen molar-refractivity contribution in [1.29, 1.82) is 5.26 Å². The molecular weight excluding hydrogens is 880 g/mol. The van der Waals surface area contributed by atoms with Crippen molar-refractivity contribution in [2.45, 2.75) is 52.4 Å². The number of hydrogen-bond acceptors (Lipinski definition) is 4. The second kappa shape index (κ2) is 15.5. The summed E-state index contributed by atoms with van der Waals surface area (Å²) in [5.41, 5.74) is 12.3. The minimum absolute atomic E-state index is 0. The van der Waals surface area contributed by atoms with Crippen LogP contribution in [-0.4, -0.2) is 19.6 Å². The molecule has 0 spiro atoms. The van der Waals surface area contributed by atoms with E-state index in [2.05, 4.69) is 125 Å². The first-order valence-corrected chi connectivity index (χ1v) is 18.9. The molecule has 57 heavy (non-hydrogen) atoms. The summed E-state index contributed by atoms with van der Waals surface area (Å²) in [7, 11) is 0. The van der Waals surface area contributed by atoms with Crippen molar-refractivity contribution in [2.75, 3.05) is 0 Å². The Kier molecular flexibility index (Phi) is 10.6. The van der Waals surface area contributed by atoms with E-state index in [9.17, 15) is 10.4 Å². The number of aromatic hydroxyl groups is 1. The third-order valence-corrected chi connectivity index (χ3v) is 10.4. The van der Waals surface area contributed by atoms with E-state index in [1.807, 2.05) is 72.8 Å². The van der Waals surface area contributed by atoms with Gasteiger partial charge in [-0.3, -0.25) is 9.55 Å². The molecule has 2 heterocycles. The van der Waals surface area contributed by atoms with Gasteiger partial charge in [0.25, 0.3) is 0 Å². The first-order valence-electron chi connectivity index (χ1n) is 18.9. The van der Waals surface area contributed by atoms with Crippen molar-refractivity contribution < 1.29 is 26.2 Å². The number of para-hydroxylation sites is 2. The SMILES string of the molecule is CC(C)(C)c1cc(-c2nc3c(-c4[c-]c(-c5cc(C#N)c(-c6ccccc6)cn5)cc(-c5ccccc5)c4)cccc3n2-c2ccccc2)c(O)c(C(C)(C)C)c1.[Pt]. The second-order valence-corrected chi connectivity index (χ2v) is 16.4. The summed E-state index contributed by atoms with van der Waals surface area (Å²) >= 11 is 0. The molecule has 0 amide bonds. The Labute approximate surface area is 349 Å². The molecule has 0 saturated carbocycles. The van der Waals surface area contributed by atoms with Crippen LogP contribution >= 0.6 is 0 Å². The van der Waals surface area contributed by atoms with E-state index in [4.69, 9.17) is 9.97 Å². The van der Waals surface area contributed by atoms with Gasteiger partial charge in [-0.2, -0.15) is 5.26 Å². The molecule has 0 fully saturated rings. The van der Waals surface area contributed by atoms with Crippen LogP contribution in [0.4, 0.5) is 0 Å². The molecule has 0 aliphatic heterocycles. The Morgan fingerprint density at radius 2 is 1.26 bits per heavy atom. The minimum atomic E-state index is -0.309. The van der Waals surface area contributed by atoms with Gasteiger partial charge >= 0.3 is 0 Å². The summed E-state index contributed by atoms with van der Waals surface area (Å²) in [6.07, 6.45) is 1.78. The number of phenolic OH excluding ortho intramolecular Hbond substituents is 1. The molecule has 0 saturated heterocycles. The summed E-state index contributed by atoms with van der Waals surface area (Å²) in [6, 6.07) is 53.0. The van der Waals surface area contributed by atoms with E-state index in [0.29, 0.717) is 22.6 Å². The molecule has 8 aromatic rings. The van der Waals surface area contributed by atoms with Gasteiger partial charge in [-0.1, -0.05) is 161 Å². The van der Waals surface area contributed by atoms with Crippen molar-refractivity contribution in [1.82, 2.24) is 14.5 Å². The largest absolute Gasteiger partial charge is 0.507 e. The Morgan fingerprint density at radius 3 is 1.89 bits per heavy atom. The summed E-state index contributed by atoms with van der Waals surface area (Å²) in [5.74, 6) is 0.891. The molecule has 0 aliphatic carbocycles. The molecule has 0 bridgehead atoms. The van der Waals surface area contributed by atoms with E-state index in [1.54, 1.807) is 6.20 Å². The normalized spacial score (nSPS) is 11.6. The fraction of sp³-hybridized carbons (Fsp3) is 0.157. The van der Waals surface area contributed by atoms with Crippen LogP contribution in [0, 0.1) is 17.4 Å². The van der Waals surface area contributed by atoms with E-state index in [-0.39, 0.29) is 37.6 Å². The molecule has 8 rings (SSSR count). The number of rotatable bonds is 6. The number of pyridine rings is 1. The Hall–Kier alpha value is -6.08. The van der Waals surface area contributed by atoms with Crippen LogP contribution in [0.5, 0.6) is 5.75 Å². The van der Waals surface area contributed by atoms with Gasteiger partial charge in [-0.05, 0) is 51.8 Å². The summed E-state index contributed by atoms with van der Waals surface area (Å²) in [5, 5.41) is 22.4. The number of fused-ring (bicyclic) bond motifs is 1. The predicted octanol–water partition coefficient (Wildman–Crippen LogP) is 12.7. The van der Waals surface area contributed by atoms with Crippen LogP contribution < -0.4 is 0 Å².